The van der Waals surface area contributed by atoms with Crippen LogP contribution in [0.5, 0.6) is 0 Å². The molecular formula is C30H34Br2ClN5O3. The molecule has 0 radical (unpaired) electrons. The summed E-state index contributed by atoms with van der Waals surface area (Å²) >= 11 is 13.9. The fraction of sp³-hybridized carbons (Fsp3) is 0.533. The number of amides is 4. The van der Waals surface area contributed by atoms with E-state index >= 15 is 0 Å². The van der Waals surface area contributed by atoms with Crippen molar-refractivity contribution in [1.82, 2.24) is 25.4 Å². The van der Waals surface area contributed by atoms with Crippen LogP contribution in [-0.4, -0.2) is 71.4 Å². The number of carbonyl (C=O) groups excluding carboxylic acids is 3. The predicted molar refractivity (Wildman–Crippen MR) is 164 cm³/mol. The van der Waals surface area contributed by atoms with Crippen LogP contribution in [0.4, 0.5) is 4.79 Å². The SMILES string of the molecule is O=C1NC[C@@H](C(=O)N2CCC(CC(=O)N3CCC([C@H]4c5ncc(Br)cc5CCc5cc(Cl)cc(Br)c54)CC3)CC2)N1. The molecule has 3 aliphatic heterocycles. The number of rotatable bonds is 4. The summed E-state index contributed by atoms with van der Waals surface area (Å²) in [5.74, 6) is 0.996. The summed E-state index contributed by atoms with van der Waals surface area (Å²) in [5, 5.41) is 6.06. The third-order valence-electron chi connectivity index (χ3n) is 9.24. The van der Waals surface area contributed by atoms with E-state index in [-0.39, 0.29) is 29.7 Å². The lowest BCUT2D eigenvalue weighted by atomic mass is 9.76. The Kier molecular flexibility index (Phi) is 8.61. The number of carbonyl (C=O) groups is 3. The summed E-state index contributed by atoms with van der Waals surface area (Å²) < 4.78 is 2.04. The molecule has 11 heteroatoms. The third-order valence-corrected chi connectivity index (χ3v) is 10.5. The first kappa shape index (κ1) is 28.9. The van der Waals surface area contributed by atoms with E-state index in [2.05, 4.69) is 54.6 Å². The monoisotopic (exact) mass is 705 g/mol. The molecule has 4 heterocycles. The van der Waals surface area contributed by atoms with Gasteiger partial charge in [-0.1, -0.05) is 27.5 Å². The highest BCUT2D eigenvalue weighted by Crippen LogP contribution is 2.46. The van der Waals surface area contributed by atoms with E-state index in [9.17, 15) is 14.4 Å². The number of nitrogens with one attached hydrogen (secondary N) is 2. The molecule has 0 spiro atoms. The molecule has 1 aromatic carbocycles. The van der Waals surface area contributed by atoms with Crippen molar-refractivity contribution in [2.45, 2.75) is 56.9 Å². The van der Waals surface area contributed by atoms with Crippen LogP contribution in [-0.2, 0) is 22.4 Å². The Balaban J connectivity index is 1.08. The normalized spacial score (nSPS) is 23.3. The zero-order chi connectivity index (χ0) is 28.7. The number of aromatic nitrogens is 1. The smallest absolute Gasteiger partial charge is 0.315 e. The van der Waals surface area contributed by atoms with Crippen molar-refractivity contribution in [3.05, 3.63) is 60.7 Å². The third kappa shape index (κ3) is 6.15. The first-order valence-corrected chi connectivity index (χ1v) is 16.5. The van der Waals surface area contributed by atoms with Crippen LogP contribution in [0.3, 0.4) is 0 Å². The maximum atomic E-state index is 13.3. The van der Waals surface area contributed by atoms with Gasteiger partial charge < -0.3 is 20.4 Å². The quantitative estimate of drug-likeness (QED) is 0.466. The van der Waals surface area contributed by atoms with Crippen LogP contribution in [0, 0.1) is 11.8 Å². The highest BCUT2D eigenvalue weighted by Gasteiger charge is 2.37. The first-order valence-electron chi connectivity index (χ1n) is 14.5. The van der Waals surface area contributed by atoms with E-state index in [4.69, 9.17) is 16.6 Å². The maximum Gasteiger partial charge on any atom is 0.315 e. The van der Waals surface area contributed by atoms with E-state index in [1.165, 1.54) is 16.7 Å². The predicted octanol–water partition coefficient (Wildman–Crippen LogP) is 5.04. The van der Waals surface area contributed by atoms with Gasteiger partial charge in [-0.25, -0.2) is 4.79 Å². The van der Waals surface area contributed by atoms with E-state index in [1.807, 2.05) is 22.1 Å². The Morgan fingerprint density at radius 3 is 2.39 bits per heavy atom. The molecular weight excluding hydrogens is 674 g/mol. The van der Waals surface area contributed by atoms with E-state index in [0.717, 1.165) is 71.3 Å². The molecule has 3 saturated heterocycles. The van der Waals surface area contributed by atoms with Crippen LogP contribution in [0.2, 0.25) is 5.02 Å². The largest absolute Gasteiger partial charge is 0.343 e. The van der Waals surface area contributed by atoms with Gasteiger partial charge in [-0.3, -0.25) is 14.6 Å². The molecule has 2 atom stereocenters. The molecule has 8 nitrogen and oxygen atoms in total. The van der Waals surface area contributed by atoms with Crippen molar-refractivity contribution in [2.24, 2.45) is 11.8 Å². The zero-order valence-corrected chi connectivity index (χ0v) is 26.7. The number of urea groups is 1. The summed E-state index contributed by atoms with van der Waals surface area (Å²) in [6, 6.07) is 5.53. The fourth-order valence-corrected chi connectivity index (χ4v) is 8.57. The summed E-state index contributed by atoms with van der Waals surface area (Å²) in [4.78, 5) is 46.2. The van der Waals surface area contributed by atoms with E-state index in [0.29, 0.717) is 32.0 Å². The van der Waals surface area contributed by atoms with E-state index in [1.54, 1.807) is 0 Å². The molecule has 4 aliphatic rings. The Hall–Kier alpha value is -2.17. The van der Waals surface area contributed by atoms with Gasteiger partial charge in [0.1, 0.15) is 6.04 Å². The van der Waals surface area contributed by atoms with Gasteiger partial charge in [0.15, 0.2) is 0 Å². The van der Waals surface area contributed by atoms with E-state index < -0.39 is 6.04 Å². The van der Waals surface area contributed by atoms with Crippen molar-refractivity contribution >= 4 is 61.3 Å². The van der Waals surface area contributed by atoms with Gasteiger partial charge in [0.05, 0.1) is 5.69 Å². The van der Waals surface area contributed by atoms with Crippen molar-refractivity contribution in [3.63, 3.8) is 0 Å². The lowest BCUT2D eigenvalue weighted by molar-refractivity contribution is -0.135. The molecule has 4 amide bonds. The zero-order valence-electron chi connectivity index (χ0n) is 22.8. The van der Waals surface area contributed by atoms with Gasteiger partial charge in [-0.15, -0.1) is 0 Å². The Morgan fingerprint density at radius 1 is 0.976 bits per heavy atom. The minimum Gasteiger partial charge on any atom is -0.343 e. The lowest BCUT2D eigenvalue weighted by Crippen LogP contribution is -2.49. The molecule has 0 bridgehead atoms. The highest BCUT2D eigenvalue weighted by molar-refractivity contribution is 9.10. The van der Waals surface area contributed by atoms with Crippen LogP contribution in [0.1, 0.15) is 60.4 Å². The summed E-state index contributed by atoms with van der Waals surface area (Å²) in [7, 11) is 0. The molecule has 2 aromatic rings. The summed E-state index contributed by atoms with van der Waals surface area (Å²) in [5.41, 5.74) is 4.99. The Bertz CT molecular complexity index is 1360. The second-order valence-corrected chi connectivity index (χ2v) is 13.9. The van der Waals surface area contributed by atoms with Crippen LogP contribution >= 0.6 is 43.5 Å². The molecule has 3 fully saturated rings. The number of halogens is 3. The molecule has 2 N–H and O–H groups in total. The molecule has 41 heavy (non-hydrogen) atoms. The van der Waals surface area contributed by atoms with Crippen LogP contribution in [0.25, 0.3) is 0 Å². The molecule has 6 rings (SSSR count). The number of fused-ring (bicyclic) bond motifs is 2. The second kappa shape index (κ2) is 12.2. The van der Waals surface area contributed by atoms with Gasteiger partial charge in [0, 0.05) is 65.2 Å². The highest BCUT2D eigenvalue weighted by atomic mass is 79.9. The minimum absolute atomic E-state index is 0.0346. The van der Waals surface area contributed by atoms with Crippen LogP contribution < -0.4 is 10.6 Å². The van der Waals surface area contributed by atoms with Gasteiger partial charge >= 0.3 is 6.03 Å². The number of piperidine rings is 2. The number of nitrogens with zero attached hydrogens (tertiary/aromatic N) is 3. The number of likely N-dealkylation sites (tertiary alicyclic amines) is 2. The molecule has 0 unspecified atom stereocenters. The summed E-state index contributed by atoms with van der Waals surface area (Å²) in [6.45, 7) is 3.10. The fourth-order valence-electron chi connectivity index (χ4n) is 7.07. The van der Waals surface area contributed by atoms with Crippen molar-refractivity contribution in [3.8, 4) is 0 Å². The Labute approximate surface area is 262 Å². The maximum absolute atomic E-state index is 13.3. The van der Waals surface area contributed by atoms with Crippen molar-refractivity contribution in [2.75, 3.05) is 32.7 Å². The molecule has 0 saturated carbocycles. The molecule has 218 valence electrons. The van der Waals surface area contributed by atoms with Crippen molar-refractivity contribution < 1.29 is 14.4 Å². The van der Waals surface area contributed by atoms with Gasteiger partial charge in [-0.2, -0.15) is 0 Å². The number of hydrogen-bond donors (Lipinski definition) is 2. The van der Waals surface area contributed by atoms with Gasteiger partial charge in [-0.05, 0) is 101 Å². The Morgan fingerprint density at radius 2 is 1.68 bits per heavy atom. The number of benzene rings is 1. The first-order chi connectivity index (χ1) is 19.8. The average Bonchev–Trinajstić information content (AvgIpc) is 3.33. The molecule has 1 aromatic heterocycles. The average molecular weight is 708 g/mol. The molecule has 1 aliphatic carbocycles. The van der Waals surface area contributed by atoms with Crippen molar-refractivity contribution in [1.29, 1.82) is 0 Å². The number of hydrogen-bond acceptors (Lipinski definition) is 4. The lowest BCUT2D eigenvalue weighted by Gasteiger charge is -2.38. The standard InChI is InChI=1S/C30H34Br2ClN5O3/c31-21-12-20-2-1-19-13-22(33)14-23(32)26(19)27(28(20)34-15-21)18-5-9-37(10-6-18)25(39)11-17-3-7-38(8-4-17)29(40)24-16-35-30(41)36-24/h12-15,17-18,24,27H,1-11,16H2,(H2,35,36,41)/t24-,27+/m0/s1. The minimum atomic E-state index is -0.483. The van der Waals surface area contributed by atoms with Gasteiger partial charge in [0.2, 0.25) is 11.8 Å². The van der Waals surface area contributed by atoms with Crippen LogP contribution in [0.15, 0.2) is 33.3 Å². The second-order valence-electron chi connectivity index (χ2n) is 11.7. The topological polar surface area (TPSA) is 94.6 Å². The number of pyridine rings is 1. The summed E-state index contributed by atoms with van der Waals surface area (Å²) in [6.07, 6.45) is 7.76. The van der Waals surface area contributed by atoms with Gasteiger partial charge in [0.25, 0.3) is 0 Å². The number of aryl methyl sites for hydroxylation is 2.